The van der Waals surface area contributed by atoms with Gasteiger partial charge in [-0.2, -0.15) is 0 Å². The van der Waals surface area contributed by atoms with E-state index in [-0.39, 0.29) is 5.41 Å². The van der Waals surface area contributed by atoms with Crippen LogP contribution < -0.4 is 0 Å². The average Bonchev–Trinajstić information content (AvgIpc) is 2.44. The molecule has 1 aliphatic carbocycles. The molecular formula is C13H19NO. The van der Waals surface area contributed by atoms with E-state index in [2.05, 4.69) is 18.7 Å². The molecular weight excluding hydrogens is 186 g/mol. The maximum atomic E-state index is 12.0. The smallest absolute Gasteiger partial charge is 0.227 e. The minimum absolute atomic E-state index is 0.194. The second-order valence-corrected chi connectivity index (χ2v) is 5.70. The van der Waals surface area contributed by atoms with E-state index in [1.54, 1.807) is 5.57 Å². The van der Waals surface area contributed by atoms with Crippen molar-refractivity contribution in [1.82, 2.24) is 4.90 Å². The molecule has 3 aliphatic rings. The van der Waals surface area contributed by atoms with Gasteiger partial charge in [0.05, 0.1) is 0 Å². The Bertz CT molecular complexity index is 358. The third kappa shape index (κ3) is 1.14. The van der Waals surface area contributed by atoms with Crippen LogP contribution in [0.3, 0.4) is 0 Å². The number of allylic oxidation sites excluding steroid dienone is 2. The van der Waals surface area contributed by atoms with Crippen molar-refractivity contribution in [1.29, 1.82) is 0 Å². The van der Waals surface area contributed by atoms with Gasteiger partial charge >= 0.3 is 0 Å². The Morgan fingerprint density at radius 2 is 2.27 bits per heavy atom. The molecule has 0 aromatic heterocycles. The fourth-order valence-electron chi connectivity index (χ4n) is 3.73. The molecule has 0 aromatic carbocycles. The lowest BCUT2D eigenvalue weighted by molar-refractivity contribution is -0.127. The molecule has 1 amide bonds. The van der Waals surface area contributed by atoms with Crippen molar-refractivity contribution in [2.24, 2.45) is 11.3 Å². The second-order valence-electron chi connectivity index (χ2n) is 5.70. The van der Waals surface area contributed by atoms with Crippen LogP contribution in [-0.4, -0.2) is 17.4 Å². The van der Waals surface area contributed by atoms with Crippen LogP contribution in [0.25, 0.3) is 0 Å². The largest absolute Gasteiger partial charge is 0.316 e. The van der Waals surface area contributed by atoms with Gasteiger partial charge in [-0.3, -0.25) is 4.79 Å². The highest BCUT2D eigenvalue weighted by molar-refractivity contribution is 5.83. The molecule has 0 bridgehead atoms. The van der Waals surface area contributed by atoms with E-state index in [9.17, 15) is 4.79 Å². The van der Waals surface area contributed by atoms with E-state index in [0.29, 0.717) is 11.8 Å². The van der Waals surface area contributed by atoms with Gasteiger partial charge in [0.15, 0.2) is 0 Å². The summed E-state index contributed by atoms with van der Waals surface area (Å²) >= 11 is 0. The summed E-state index contributed by atoms with van der Waals surface area (Å²) < 4.78 is 0. The maximum absolute atomic E-state index is 12.0. The highest BCUT2D eigenvalue weighted by atomic mass is 16.2. The third-order valence-corrected chi connectivity index (χ3v) is 4.54. The molecule has 2 unspecified atom stereocenters. The van der Waals surface area contributed by atoms with E-state index in [0.717, 1.165) is 13.0 Å². The molecule has 1 saturated heterocycles. The third-order valence-electron chi connectivity index (χ3n) is 4.54. The van der Waals surface area contributed by atoms with E-state index in [1.165, 1.54) is 31.4 Å². The molecule has 0 radical (unpaired) electrons. The fraction of sp³-hybridized carbons (Fsp3) is 0.769. The molecule has 0 saturated carbocycles. The zero-order chi connectivity index (χ0) is 10.6. The number of hydrogen-bond acceptors (Lipinski definition) is 1. The van der Waals surface area contributed by atoms with Gasteiger partial charge in [-0.15, -0.1) is 0 Å². The average molecular weight is 205 g/mol. The summed E-state index contributed by atoms with van der Waals surface area (Å²) in [5, 5.41) is 0. The summed E-state index contributed by atoms with van der Waals surface area (Å²) in [7, 11) is 0. The van der Waals surface area contributed by atoms with Crippen LogP contribution in [-0.2, 0) is 4.79 Å². The number of carbonyl (C=O) groups is 1. The van der Waals surface area contributed by atoms with Gasteiger partial charge in [0.2, 0.25) is 5.91 Å². The Morgan fingerprint density at radius 3 is 3.07 bits per heavy atom. The van der Waals surface area contributed by atoms with Crippen molar-refractivity contribution in [2.75, 3.05) is 6.54 Å². The Balaban J connectivity index is 2.16. The Hall–Kier alpha value is -0.790. The van der Waals surface area contributed by atoms with Crippen molar-refractivity contribution in [3.05, 3.63) is 11.3 Å². The quantitative estimate of drug-likeness (QED) is 0.595. The summed E-state index contributed by atoms with van der Waals surface area (Å²) in [6.07, 6.45) is 5.65. The monoisotopic (exact) mass is 205 g/mol. The zero-order valence-electron chi connectivity index (χ0n) is 9.68. The highest BCUT2D eigenvalue weighted by Crippen LogP contribution is 2.53. The molecule has 2 heteroatoms. The summed E-state index contributed by atoms with van der Waals surface area (Å²) in [6, 6.07) is 0. The summed E-state index contributed by atoms with van der Waals surface area (Å²) in [5.41, 5.74) is 3.22. The first-order chi connectivity index (χ1) is 7.12. The van der Waals surface area contributed by atoms with Crippen LogP contribution >= 0.6 is 0 Å². The Labute approximate surface area is 91.3 Å². The SMILES string of the molecule is CC1CCN2C(=O)CC3(C)CCCC1=C23. The molecule has 82 valence electrons. The van der Waals surface area contributed by atoms with Crippen LogP contribution in [0.1, 0.15) is 46.0 Å². The topological polar surface area (TPSA) is 20.3 Å². The number of amides is 1. The minimum Gasteiger partial charge on any atom is -0.316 e. The van der Waals surface area contributed by atoms with Crippen LogP contribution in [0.5, 0.6) is 0 Å². The van der Waals surface area contributed by atoms with Gasteiger partial charge in [0, 0.05) is 24.1 Å². The molecule has 0 spiro atoms. The van der Waals surface area contributed by atoms with Crippen LogP contribution in [0.15, 0.2) is 11.3 Å². The lowest BCUT2D eigenvalue weighted by atomic mass is 9.71. The first-order valence-corrected chi connectivity index (χ1v) is 6.16. The van der Waals surface area contributed by atoms with E-state index in [4.69, 9.17) is 0 Å². The fourth-order valence-corrected chi connectivity index (χ4v) is 3.73. The lowest BCUT2D eigenvalue weighted by Gasteiger charge is -2.40. The highest BCUT2D eigenvalue weighted by Gasteiger charge is 2.49. The van der Waals surface area contributed by atoms with Crippen molar-refractivity contribution in [3.8, 4) is 0 Å². The first kappa shape index (κ1) is 9.44. The summed E-state index contributed by atoms with van der Waals surface area (Å²) in [6.45, 7) is 5.58. The number of carbonyl (C=O) groups excluding carboxylic acids is 1. The predicted molar refractivity (Wildman–Crippen MR) is 59.1 cm³/mol. The molecule has 2 atom stereocenters. The summed E-state index contributed by atoms with van der Waals surface area (Å²) in [5.74, 6) is 1.08. The Kier molecular flexibility index (Phi) is 1.80. The van der Waals surface area contributed by atoms with Gasteiger partial charge in [-0.1, -0.05) is 13.8 Å². The van der Waals surface area contributed by atoms with Crippen molar-refractivity contribution in [3.63, 3.8) is 0 Å². The van der Waals surface area contributed by atoms with Crippen molar-refractivity contribution in [2.45, 2.75) is 46.0 Å². The molecule has 2 nitrogen and oxygen atoms in total. The molecule has 0 N–H and O–H groups in total. The first-order valence-electron chi connectivity index (χ1n) is 6.16. The van der Waals surface area contributed by atoms with Gasteiger partial charge in [0.25, 0.3) is 0 Å². The van der Waals surface area contributed by atoms with E-state index >= 15 is 0 Å². The van der Waals surface area contributed by atoms with Crippen LogP contribution in [0, 0.1) is 11.3 Å². The van der Waals surface area contributed by atoms with Gasteiger partial charge in [0.1, 0.15) is 0 Å². The zero-order valence-corrected chi connectivity index (χ0v) is 9.68. The van der Waals surface area contributed by atoms with E-state index in [1.807, 2.05) is 0 Å². The molecule has 0 aromatic rings. The van der Waals surface area contributed by atoms with Crippen LogP contribution in [0.2, 0.25) is 0 Å². The van der Waals surface area contributed by atoms with Crippen molar-refractivity contribution >= 4 is 5.91 Å². The maximum Gasteiger partial charge on any atom is 0.227 e. The number of hydrogen-bond donors (Lipinski definition) is 0. The molecule has 1 fully saturated rings. The van der Waals surface area contributed by atoms with E-state index < -0.39 is 0 Å². The summed E-state index contributed by atoms with van der Waals surface area (Å²) in [4.78, 5) is 14.0. The molecule has 2 heterocycles. The van der Waals surface area contributed by atoms with Gasteiger partial charge in [-0.05, 0) is 37.2 Å². The molecule has 15 heavy (non-hydrogen) atoms. The number of rotatable bonds is 0. The predicted octanol–water partition coefficient (Wildman–Crippen LogP) is 2.70. The minimum atomic E-state index is 0.194. The van der Waals surface area contributed by atoms with Crippen LogP contribution in [0.4, 0.5) is 0 Å². The normalized spacial score (nSPS) is 39.7. The Morgan fingerprint density at radius 1 is 1.47 bits per heavy atom. The van der Waals surface area contributed by atoms with Gasteiger partial charge < -0.3 is 4.90 Å². The molecule has 2 aliphatic heterocycles. The number of nitrogens with zero attached hydrogens (tertiary/aromatic N) is 1. The van der Waals surface area contributed by atoms with Crippen molar-refractivity contribution < 1.29 is 4.79 Å². The molecule has 3 rings (SSSR count). The second kappa shape index (κ2) is 2.87. The standard InChI is InChI=1S/C13H19NO/c1-9-5-7-14-11(15)8-13(2)6-3-4-10(9)12(13)14/h9H,3-8H2,1-2H3. The van der Waals surface area contributed by atoms with Gasteiger partial charge in [-0.25, -0.2) is 0 Å². The lowest BCUT2D eigenvalue weighted by Crippen LogP contribution is -2.35.